The summed E-state index contributed by atoms with van der Waals surface area (Å²) in [5.41, 5.74) is 13.8. The summed E-state index contributed by atoms with van der Waals surface area (Å²) in [4.78, 5) is 13.5. The molecular weight excluding hydrogens is 206 g/mol. The van der Waals surface area contributed by atoms with Crippen LogP contribution in [0.5, 0.6) is 0 Å². The molecule has 0 bridgehead atoms. The maximum atomic E-state index is 10.5. The molecule has 6 N–H and O–H groups in total. The van der Waals surface area contributed by atoms with E-state index in [0.717, 1.165) is 16.5 Å². The maximum Gasteiger partial charge on any atom is 0.303 e. The van der Waals surface area contributed by atoms with E-state index in [1.807, 2.05) is 12.1 Å². The monoisotopic (exact) mass is 219 g/mol. The number of nitrogen functional groups attached to an aromatic ring is 2. The van der Waals surface area contributed by atoms with Gasteiger partial charge in [-0.3, -0.25) is 4.79 Å². The highest BCUT2D eigenvalue weighted by Crippen LogP contribution is 2.28. The van der Waals surface area contributed by atoms with Crippen LogP contribution < -0.4 is 11.5 Å². The topological polar surface area (TPSA) is 105 Å². The van der Waals surface area contributed by atoms with Crippen molar-refractivity contribution in [1.82, 2.24) is 4.98 Å². The lowest BCUT2D eigenvalue weighted by Crippen LogP contribution is -1.99. The Morgan fingerprint density at radius 1 is 1.38 bits per heavy atom. The summed E-state index contributed by atoms with van der Waals surface area (Å²) in [6.45, 7) is 0. The largest absolute Gasteiger partial charge is 0.481 e. The summed E-state index contributed by atoms with van der Waals surface area (Å²) in [5.74, 6) is -0.341. The standard InChI is InChI=1S/C11H13N3O2/c12-8-3-1-2-6-7(4-5-9(15)16)11(13)14-10(6)8/h1-3,14H,4-5,12-13H2,(H,15,16). The van der Waals surface area contributed by atoms with Crippen molar-refractivity contribution >= 4 is 28.4 Å². The minimum Gasteiger partial charge on any atom is -0.481 e. The Bertz CT molecular complexity index is 545. The van der Waals surface area contributed by atoms with Crippen molar-refractivity contribution in [1.29, 1.82) is 0 Å². The van der Waals surface area contributed by atoms with E-state index in [-0.39, 0.29) is 6.42 Å². The Labute approximate surface area is 92.1 Å². The molecule has 16 heavy (non-hydrogen) atoms. The number of nitrogens with one attached hydrogen (secondary N) is 1. The van der Waals surface area contributed by atoms with Gasteiger partial charge in [-0.2, -0.15) is 0 Å². The molecule has 0 saturated carbocycles. The number of hydrogen-bond acceptors (Lipinski definition) is 3. The molecule has 0 unspecified atom stereocenters. The van der Waals surface area contributed by atoms with Crippen LogP contribution in [0, 0.1) is 0 Å². The van der Waals surface area contributed by atoms with E-state index in [9.17, 15) is 4.79 Å². The molecule has 0 aliphatic rings. The zero-order chi connectivity index (χ0) is 11.7. The Kier molecular flexibility index (Phi) is 2.44. The number of anilines is 2. The van der Waals surface area contributed by atoms with E-state index in [0.29, 0.717) is 17.9 Å². The lowest BCUT2D eigenvalue weighted by molar-refractivity contribution is -0.136. The highest BCUT2D eigenvalue weighted by atomic mass is 16.4. The third-order valence-electron chi connectivity index (χ3n) is 2.60. The lowest BCUT2D eigenvalue weighted by atomic mass is 10.1. The van der Waals surface area contributed by atoms with Gasteiger partial charge in [0, 0.05) is 17.4 Å². The van der Waals surface area contributed by atoms with Crippen LogP contribution in [-0.4, -0.2) is 16.1 Å². The van der Waals surface area contributed by atoms with E-state index in [2.05, 4.69) is 4.98 Å². The van der Waals surface area contributed by atoms with Crippen LogP contribution in [-0.2, 0) is 11.2 Å². The Balaban J connectivity index is 2.48. The number of aliphatic carboxylic acids is 1. The van der Waals surface area contributed by atoms with Crippen LogP contribution in [0.15, 0.2) is 18.2 Å². The number of carbonyl (C=O) groups is 1. The van der Waals surface area contributed by atoms with Crippen LogP contribution >= 0.6 is 0 Å². The SMILES string of the molecule is Nc1[nH]c2c(N)cccc2c1CCC(=O)O. The first-order chi connectivity index (χ1) is 7.59. The fourth-order valence-electron chi connectivity index (χ4n) is 1.82. The first-order valence-electron chi connectivity index (χ1n) is 4.96. The van der Waals surface area contributed by atoms with Gasteiger partial charge in [0.15, 0.2) is 0 Å². The summed E-state index contributed by atoms with van der Waals surface area (Å²) in [6, 6.07) is 5.49. The van der Waals surface area contributed by atoms with Crippen molar-refractivity contribution in [3.8, 4) is 0 Å². The number of carboxylic acids is 1. The third-order valence-corrected chi connectivity index (χ3v) is 2.60. The van der Waals surface area contributed by atoms with Gasteiger partial charge in [0.25, 0.3) is 0 Å². The van der Waals surface area contributed by atoms with Gasteiger partial charge in [0.05, 0.1) is 11.2 Å². The molecule has 0 fully saturated rings. The van der Waals surface area contributed by atoms with Crippen molar-refractivity contribution in [2.24, 2.45) is 0 Å². The number of carboxylic acid groups (broad SMARTS) is 1. The smallest absolute Gasteiger partial charge is 0.303 e. The Morgan fingerprint density at radius 2 is 2.12 bits per heavy atom. The molecule has 0 aliphatic carbocycles. The van der Waals surface area contributed by atoms with Crippen molar-refractivity contribution in [2.75, 3.05) is 11.5 Å². The van der Waals surface area contributed by atoms with Crippen LogP contribution in [0.1, 0.15) is 12.0 Å². The Morgan fingerprint density at radius 3 is 2.81 bits per heavy atom. The number of aromatic amines is 1. The zero-order valence-electron chi connectivity index (χ0n) is 8.66. The van der Waals surface area contributed by atoms with Crippen LogP contribution in [0.4, 0.5) is 11.5 Å². The predicted molar refractivity (Wildman–Crippen MR) is 63.1 cm³/mol. The molecule has 0 aliphatic heterocycles. The van der Waals surface area contributed by atoms with Gasteiger partial charge in [-0.25, -0.2) is 0 Å². The summed E-state index contributed by atoms with van der Waals surface area (Å²) >= 11 is 0. The minimum atomic E-state index is -0.836. The number of hydrogen-bond donors (Lipinski definition) is 4. The van der Waals surface area contributed by atoms with E-state index in [4.69, 9.17) is 16.6 Å². The van der Waals surface area contributed by atoms with Crippen LogP contribution in [0.2, 0.25) is 0 Å². The average molecular weight is 219 g/mol. The van der Waals surface area contributed by atoms with Gasteiger partial charge in [-0.15, -0.1) is 0 Å². The van der Waals surface area contributed by atoms with Crippen molar-refractivity contribution in [2.45, 2.75) is 12.8 Å². The van der Waals surface area contributed by atoms with E-state index in [1.54, 1.807) is 6.07 Å². The molecule has 2 rings (SSSR count). The number of para-hydroxylation sites is 1. The van der Waals surface area contributed by atoms with Gasteiger partial charge >= 0.3 is 5.97 Å². The molecule has 2 aromatic rings. The number of benzene rings is 1. The van der Waals surface area contributed by atoms with Crippen LogP contribution in [0.3, 0.4) is 0 Å². The molecule has 5 nitrogen and oxygen atoms in total. The molecule has 84 valence electrons. The number of fused-ring (bicyclic) bond motifs is 1. The van der Waals surface area contributed by atoms with Crippen molar-refractivity contribution in [3.63, 3.8) is 0 Å². The highest BCUT2D eigenvalue weighted by Gasteiger charge is 2.11. The molecule has 5 heteroatoms. The summed E-state index contributed by atoms with van der Waals surface area (Å²) in [6.07, 6.45) is 0.469. The van der Waals surface area contributed by atoms with Gasteiger partial charge in [0.1, 0.15) is 5.82 Å². The molecule has 1 aromatic carbocycles. The molecule has 0 saturated heterocycles. The zero-order valence-corrected chi connectivity index (χ0v) is 8.66. The first kappa shape index (κ1) is 10.4. The molecule has 0 radical (unpaired) electrons. The first-order valence-corrected chi connectivity index (χ1v) is 4.96. The summed E-state index contributed by atoms with van der Waals surface area (Å²) < 4.78 is 0. The molecule has 1 aromatic heterocycles. The second-order valence-corrected chi connectivity index (χ2v) is 3.68. The predicted octanol–water partition coefficient (Wildman–Crippen LogP) is 1.35. The summed E-state index contributed by atoms with van der Waals surface area (Å²) in [7, 11) is 0. The van der Waals surface area contributed by atoms with Crippen molar-refractivity contribution in [3.05, 3.63) is 23.8 Å². The van der Waals surface area contributed by atoms with E-state index in [1.165, 1.54) is 0 Å². The quantitative estimate of drug-likeness (QED) is 0.584. The second kappa shape index (κ2) is 3.77. The number of H-pyrrole nitrogens is 1. The number of aryl methyl sites for hydroxylation is 1. The third kappa shape index (κ3) is 1.67. The molecule has 0 atom stereocenters. The lowest BCUT2D eigenvalue weighted by Gasteiger charge is -1.98. The Hall–Kier alpha value is -2.17. The van der Waals surface area contributed by atoms with Gasteiger partial charge in [0.2, 0.25) is 0 Å². The number of nitrogens with two attached hydrogens (primary N) is 2. The van der Waals surface area contributed by atoms with E-state index >= 15 is 0 Å². The maximum absolute atomic E-state index is 10.5. The van der Waals surface area contributed by atoms with Gasteiger partial charge in [-0.1, -0.05) is 12.1 Å². The van der Waals surface area contributed by atoms with Gasteiger partial charge in [-0.05, 0) is 12.5 Å². The van der Waals surface area contributed by atoms with Crippen LogP contribution in [0.25, 0.3) is 10.9 Å². The molecule has 1 heterocycles. The second-order valence-electron chi connectivity index (χ2n) is 3.68. The number of rotatable bonds is 3. The molecule has 0 amide bonds. The normalized spacial score (nSPS) is 10.8. The minimum absolute atomic E-state index is 0.0615. The fraction of sp³-hybridized carbons (Fsp3) is 0.182. The number of aromatic nitrogens is 1. The fourth-order valence-corrected chi connectivity index (χ4v) is 1.82. The highest BCUT2D eigenvalue weighted by molar-refractivity contribution is 5.96. The van der Waals surface area contributed by atoms with Gasteiger partial charge < -0.3 is 21.6 Å². The van der Waals surface area contributed by atoms with E-state index < -0.39 is 5.97 Å². The molecule has 0 spiro atoms. The van der Waals surface area contributed by atoms with Crippen molar-refractivity contribution < 1.29 is 9.90 Å². The average Bonchev–Trinajstić information content (AvgIpc) is 2.53. The summed E-state index contributed by atoms with van der Waals surface area (Å²) in [5, 5.41) is 9.56. The molecular formula is C11H13N3O2.